The maximum absolute atomic E-state index is 12.0. The lowest BCUT2D eigenvalue weighted by Gasteiger charge is -2.18. The summed E-state index contributed by atoms with van der Waals surface area (Å²) in [6.07, 6.45) is -4.93. The van der Waals surface area contributed by atoms with Gasteiger partial charge in [0.05, 0.1) is 0 Å². The minimum absolute atomic E-state index is 2.90. The van der Waals surface area contributed by atoms with E-state index in [1.165, 1.54) is 0 Å². The van der Waals surface area contributed by atoms with Gasteiger partial charge >= 0.3 is 6.18 Å². The van der Waals surface area contributed by atoms with Crippen molar-refractivity contribution in [2.45, 2.75) is 16.1 Å². The van der Waals surface area contributed by atoms with Crippen molar-refractivity contribution in [1.82, 2.24) is 0 Å². The highest BCUT2D eigenvalue weighted by Gasteiger charge is 2.52. The second-order valence-corrected chi connectivity index (χ2v) is 3.18. The van der Waals surface area contributed by atoms with Crippen molar-refractivity contribution >= 4 is 34.8 Å². The largest absolute Gasteiger partial charge is 0.410 e. The Bertz CT molecular complexity index is 99.9. The summed E-state index contributed by atoms with van der Waals surface area (Å²) >= 11 is 13.3. The molecular formula is C3HCl3F4. The van der Waals surface area contributed by atoms with Gasteiger partial charge in [0.25, 0.3) is 4.59 Å². The van der Waals surface area contributed by atoms with E-state index < -0.39 is 16.1 Å². The normalized spacial score (nSPS) is 17.1. The Hall–Kier alpha value is 0.590. The van der Waals surface area contributed by atoms with Crippen molar-refractivity contribution in [2.24, 2.45) is 0 Å². The van der Waals surface area contributed by atoms with E-state index in [0.29, 0.717) is 0 Å². The first-order valence-electron chi connectivity index (χ1n) is 1.93. The van der Waals surface area contributed by atoms with Crippen LogP contribution in [0.4, 0.5) is 17.6 Å². The van der Waals surface area contributed by atoms with Crippen LogP contribution in [0.2, 0.25) is 0 Å². The zero-order valence-corrected chi connectivity index (χ0v) is 6.49. The highest BCUT2D eigenvalue weighted by atomic mass is 35.5. The van der Waals surface area contributed by atoms with Crippen molar-refractivity contribution in [1.29, 1.82) is 0 Å². The Labute approximate surface area is 69.0 Å². The Morgan fingerprint density at radius 2 is 1.30 bits per heavy atom. The molecule has 0 aliphatic carbocycles. The SMILES string of the molecule is FC(F)(F)C(Cl)C(F)(Cl)Cl. The van der Waals surface area contributed by atoms with Crippen LogP contribution in [0, 0.1) is 0 Å². The van der Waals surface area contributed by atoms with Crippen LogP contribution in [-0.4, -0.2) is 16.1 Å². The average molecular weight is 219 g/mol. The minimum atomic E-state index is -4.93. The summed E-state index contributed by atoms with van der Waals surface area (Å²) in [5.41, 5.74) is 0. The van der Waals surface area contributed by atoms with E-state index in [2.05, 4.69) is 34.8 Å². The molecule has 62 valence electrons. The maximum Gasteiger partial charge on any atom is 0.410 e. The molecule has 0 saturated carbocycles. The zero-order valence-electron chi connectivity index (χ0n) is 4.22. The number of hydrogen-bond donors (Lipinski definition) is 0. The number of hydrogen-bond acceptors (Lipinski definition) is 0. The van der Waals surface area contributed by atoms with Crippen LogP contribution < -0.4 is 0 Å². The fourth-order valence-corrected chi connectivity index (χ4v) is 0.433. The van der Waals surface area contributed by atoms with Crippen LogP contribution in [0.3, 0.4) is 0 Å². The number of halogens is 7. The summed E-state index contributed by atoms with van der Waals surface area (Å²) in [6.45, 7) is 0. The van der Waals surface area contributed by atoms with E-state index >= 15 is 0 Å². The Balaban J connectivity index is 4.23. The van der Waals surface area contributed by atoms with E-state index in [1.807, 2.05) is 0 Å². The lowest BCUT2D eigenvalue weighted by atomic mass is 10.4. The van der Waals surface area contributed by atoms with Gasteiger partial charge in [-0.25, -0.2) is 4.39 Å². The van der Waals surface area contributed by atoms with Gasteiger partial charge in [-0.3, -0.25) is 0 Å². The monoisotopic (exact) mass is 218 g/mol. The van der Waals surface area contributed by atoms with Gasteiger partial charge in [-0.2, -0.15) is 13.2 Å². The quantitative estimate of drug-likeness (QED) is 0.469. The van der Waals surface area contributed by atoms with E-state index in [1.54, 1.807) is 0 Å². The Morgan fingerprint density at radius 3 is 1.30 bits per heavy atom. The highest BCUT2D eigenvalue weighted by Crippen LogP contribution is 2.40. The first kappa shape index (κ1) is 10.6. The van der Waals surface area contributed by atoms with E-state index in [0.717, 1.165) is 0 Å². The summed E-state index contributed by atoms with van der Waals surface area (Å²) < 4.78 is 42.7. The third-order valence-corrected chi connectivity index (χ3v) is 1.78. The minimum Gasteiger partial charge on any atom is -0.206 e. The molecule has 0 amide bonds. The lowest BCUT2D eigenvalue weighted by Crippen LogP contribution is -2.35. The molecule has 0 fully saturated rings. The summed E-state index contributed by atoms with van der Waals surface area (Å²) in [5, 5.41) is -2.90. The van der Waals surface area contributed by atoms with Gasteiger partial charge < -0.3 is 0 Å². The average Bonchev–Trinajstić information content (AvgIpc) is 1.59. The van der Waals surface area contributed by atoms with E-state index in [-0.39, 0.29) is 0 Å². The van der Waals surface area contributed by atoms with Crippen LogP contribution in [0.5, 0.6) is 0 Å². The van der Waals surface area contributed by atoms with Gasteiger partial charge in [0.15, 0.2) is 5.38 Å². The highest BCUT2D eigenvalue weighted by molar-refractivity contribution is 6.51. The molecule has 1 unspecified atom stereocenters. The number of rotatable bonds is 1. The molecule has 0 rings (SSSR count). The molecule has 0 spiro atoms. The molecule has 0 aromatic heterocycles. The standard InChI is InChI=1S/C3HCl3F4/c4-1(2(5,6)7)3(8,9)10/h1H. The maximum atomic E-state index is 12.0. The van der Waals surface area contributed by atoms with Crippen LogP contribution in [0.1, 0.15) is 0 Å². The summed E-state index contributed by atoms with van der Waals surface area (Å²) in [7, 11) is 0. The molecule has 0 bridgehead atoms. The molecule has 0 aliphatic rings. The van der Waals surface area contributed by atoms with E-state index in [9.17, 15) is 17.6 Å². The summed E-state index contributed by atoms with van der Waals surface area (Å²) in [5.74, 6) is 0. The predicted octanol–water partition coefficient (Wildman–Crippen LogP) is 3.26. The molecule has 0 aliphatic heterocycles. The third kappa shape index (κ3) is 3.12. The van der Waals surface area contributed by atoms with E-state index in [4.69, 9.17) is 0 Å². The Kier molecular flexibility index (Phi) is 3.08. The van der Waals surface area contributed by atoms with Gasteiger partial charge in [0, 0.05) is 0 Å². The molecule has 0 saturated heterocycles. The van der Waals surface area contributed by atoms with Crippen LogP contribution in [-0.2, 0) is 0 Å². The second-order valence-electron chi connectivity index (χ2n) is 1.45. The fraction of sp³-hybridized carbons (Fsp3) is 1.00. The second kappa shape index (κ2) is 2.91. The summed E-state index contributed by atoms with van der Waals surface area (Å²) in [6, 6.07) is 0. The van der Waals surface area contributed by atoms with Crippen molar-refractivity contribution in [3.8, 4) is 0 Å². The summed E-state index contributed by atoms with van der Waals surface area (Å²) in [4.78, 5) is 0. The van der Waals surface area contributed by atoms with Crippen molar-refractivity contribution in [3.63, 3.8) is 0 Å². The van der Waals surface area contributed by atoms with Crippen molar-refractivity contribution < 1.29 is 17.6 Å². The van der Waals surface area contributed by atoms with Crippen molar-refractivity contribution in [3.05, 3.63) is 0 Å². The Morgan fingerprint density at radius 1 is 1.00 bits per heavy atom. The van der Waals surface area contributed by atoms with Gasteiger partial charge in [0.2, 0.25) is 0 Å². The number of alkyl halides is 7. The molecule has 0 radical (unpaired) electrons. The molecule has 0 heterocycles. The molecule has 0 nitrogen and oxygen atoms in total. The van der Waals surface area contributed by atoms with Crippen LogP contribution >= 0.6 is 34.8 Å². The molecule has 0 N–H and O–H groups in total. The molecule has 10 heavy (non-hydrogen) atoms. The first-order valence-corrected chi connectivity index (χ1v) is 3.12. The van der Waals surface area contributed by atoms with Gasteiger partial charge in [-0.1, -0.05) is 23.2 Å². The van der Waals surface area contributed by atoms with Crippen LogP contribution in [0.15, 0.2) is 0 Å². The smallest absolute Gasteiger partial charge is 0.206 e. The van der Waals surface area contributed by atoms with Gasteiger partial charge in [-0.05, 0) is 0 Å². The molecule has 0 aromatic rings. The topological polar surface area (TPSA) is 0 Å². The van der Waals surface area contributed by atoms with Crippen LogP contribution in [0.25, 0.3) is 0 Å². The fourth-order valence-electron chi connectivity index (χ4n) is 0.186. The lowest BCUT2D eigenvalue weighted by molar-refractivity contribution is -0.139. The molecule has 0 aromatic carbocycles. The molecule has 1 atom stereocenters. The molecular weight excluding hydrogens is 218 g/mol. The predicted molar refractivity (Wildman–Crippen MR) is 31.2 cm³/mol. The molecule has 7 heteroatoms. The zero-order chi connectivity index (χ0) is 8.58. The first-order chi connectivity index (χ1) is 4.15. The third-order valence-electron chi connectivity index (χ3n) is 0.575. The van der Waals surface area contributed by atoms with Crippen molar-refractivity contribution in [2.75, 3.05) is 0 Å². The van der Waals surface area contributed by atoms with Gasteiger partial charge in [0.1, 0.15) is 0 Å². The van der Waals surface area contributed by atoms with Gasteiger partial charge in [-0.15, -0.1) is 11.6 Å².